The van der Waals surface area contributed by atoms with Gasteiger partial charge < -0.3 is 8.60 Å². The molecule has 0 spiro atoms. The summed E-state index contributed by atoms with van der Waals surface area (Å²) in [5.74, 6) is -0.0116. The van der Waals surface area contributed by atoms with Crippen LogP contribution >= 0.6 is 0 Å². The summed E-state index contributed by atoms with van der Waals surface area (Å²) in [5, 5.41) is 0. The molecule has 0 unspecified atom stereocenters. The molecule has 1 aromatic rings. The quantitative estimate of drug-likeness (QED) is 0.598. The molecule has 1 rings (SSSR count). The average Bonchev–Trinajstić information content (AvgIpc) is 2.12. The average molecular weight is 162 g/mol. The molecule has 56 valence electrons. The highest BCUT2D eigenvalue weighted by atomic mass is 32.2. The smallest absolute Gasteiger partial charge is 0.308 e. The van der Waals surface area contributed by atoms with E-state index in [1.54, 1.807) is 6.07 Å². The molecule has 4 nitrogen and oxygen atoms in total. The minimum absolute atomic E-state index is 0.0116. The summed E-state index contributed by atoms with van der Waals surface area (Å²) in [6, 6.07) is 2.96. The third kappa shape index (κ3) is 2.10. The molecule has 0 saturated heterocycles. The summed E-state index contributed by atoms with van der Waals surface area (Å²) in [4.78, 5) is 0. The van der Waals surface area contributed by atoms with Gasteiger partial charge in [0.2, 0.25) is 0 Å². The predicted molar refractivity (Wildman–Crippen MR) is 34.2 cm³/mol. The molecule has 0 amide bonds. The lowest BCUT2D eigenvalue weighted by molar-refractivity contribution is 0.386. The lowest BCUT2D eigenvalue weighted by Gasteiger charge is -1.94. The van der Waals surface area contributed by atoms with Crippen molar-refractivity contribution >= 4 is 10.1 Å². The van der Waals surface area contributed by atoms with Crippen molar-refractivity contribution in [2.45, 2.75) is 0 Å². The lowest BCUT2D eigenvalue weighted by atomic mass is 10.7. The molecule has 0 aromatic carbocycles. The Morgan fingerprint density at radius 2 is 2.30 bits per heavy atom. The SMILES string of the molecule is CS(=O)(=O)Oc1ccco1. The van der Waals surface area contributed by atoms with E-state index in [1.165, 1.54) is 12.3 Å². The summed E-state index contributed by atoms with van der Waals surface area (Å²) < 4.78 is 29.8. The van der Waals surface area contributed by atoms with Gasteiger partial charge in [-0.2, -0.15) is 8.42 Å². The molecule has 0 bridgehead atoms. The number of furan rings is 1. The van der Waals surface area contributed by atoms with E-state index in [2.05, 4.69) is 8.60 Å². The topological polar surface area (TPSA) is 56.5 Å². The Kier molecular flexibility index (Phi) is 1.67. The first-order valence-corrected chi connectivity index (χ1v) is 4.32. The van der Waals surface area contributed by atoms with Crippen molar-refractivity contribution in [3.63, 3.8) is 0 Å². The van der Waals surface area contributed by atoms with Gasteiger partial charge in [0.25, 0.3) is 0 Å². The Labute approximate surface area is 58.5 Å². The van der Waals surface area contributed by atoms with Crippen LogP contribution < -0.4 is 4.18 Å². The van der Waals surface area contributed by atoms with Crippen LogP contribution in [0.4, 0.5) is 0 Å². The van der Waals surface area contributed by atoms with Gasteiger partial charge in [-0.15, -0.1) is 0 Å². The van der Waals surface area contributed by atoms with Crippen molar-refractivity contribution in [3.8, 4) is 5.95 Å². The molecule has 1 heterocycles. The Morgan fingerprint density at radius 3 is 2.70 bits per heavy atom. The summed E-state index contributed by atoms with van der Waals surface area (Å²) in [5.41, 5.74) is 0. The molecule has 0 radical (unpaired) electrons. The van der Waals surface area contributed by atoms with Gasteiger partial charge in [-0.05, 0) is 6.07 Å². The molecule has 0 fully saturated rings. The summed E-state index contributed by atoms with van der Waals surface area (Å²) in [6.07, 6.45) is 2.29. The molecule has 10 heavy (non-hydrogen) atoms. The van der Waals surface area contributed by atoms with Crippen LogP contribution in [0.25, 0.3) is 0 Å². The van der Waals surface area contributed by atoms with Crippen LogP contribution in [-0.4, -0.2) is 14.7 Å². The molecule has 0 aliphatic heterocycles. The normalized spacial score (nSPS) is 11.3. The second-order valence-electron chi connectivity index (χ2n) is 1.72. The zero-order chi connectivity index (χ0) is 7.61. The number of hydrogen-bond acceptors (Lipinski definition) is 4. The van der Waals surface area contributed by atoms with Gasteiger partial charge in [0.05, 0.1) is 12.5 Å². The molecular formula is C5H6O4S. The fourth-order valence-electron chi connectivity index (χ4n) is 0.460. The van der Waals surface area contributed by atoms with Crippen LogP contribution in [0.15, 0.2) is 22.8 Å². The highest BCUT2D eigenvalue weighted by Crippen LogP contribution is 2.11. The van der Waals surface area contributed by atoms with E-state index in [0.29, 0.717) is 0 Å². The molecule has 0 saturated carbocycles. The second kappa shape index (κ2) is 2.34. The van der Waals surface area contributed by atoms with E-state index in [9.17, 15) is 8.42 Å². The Morgan fingerprint density at radius 1 is 1.60 bits per heavy atom. The van der Waals surface area contributed by atoms with E-state index in [1.807, 2.05) is 0 Å². The largest absolute Gasteiger partial charge is 0.433 e. The molecular weight excluding hydrogens is 156 g/mol. The number of hydrogen-bond donors (Lipinski definition) is 0. The minimum atomic E-state index is -3.44. The van der Waals surface area contributed by atoms with E-state index in [4.69, 9.17) is 0 Å². The monoisotopic (exact) mass is 162 g/mol. The van der Waals surface area contributed by atoms with E-state index in [-0.39, 0.29) is 5.95 Å². The second-order valence-corrected chi connectivity index (χ2v) is 3.29. The summed E-state index contributed by atoms with van der Waals surface area (Å²) >= 11 is 0. The van der Waals surface area contributed by atoms with Gasteiger partial charge in [0, 0.05) is 6.07 Å². The highest BCUT2D eigenvalue weighted by Gasteiger charge is 2.04. The summed E-state index contributed by atoms with van der Waals surface area (Å²) in [6.45, 7) is 0. The molecule has 1 aromatic heterocycles. The van der Waals surface area contributed by atoms with Crippen LogP contribution in [0.3, 0.4) is 0 Å². The van der Waals surface area contributed by atoms with Crippen molar-refractivity contribution in [2.75, 3.05) is 6.26 Å². The Bertz CT molecular complexity index is 283. The lowest BCUT2D eigenvalue weighted by Crippen LogP contribution is -2.04. The van der Waals surface area contributed by atoms with E-state index >= 15 is 0 Å². The van der Waals surface area contributed by atoms with Gasteiger partial charge in [-0.3, -0.25) is 0 Å². The van der Waals surface area contributed by atoms with Gasteiger partial charge in [0.1, 0.15) is 0 Å². The Hall–Kier alpha value is -0.970. The van der Waals surface area contributed by atoms with Gasteiger partial charge >= 0.3 is 16.1 Å². The van der Waals surface area contributed by atoms with Gasteiger partial charge in [-0.25, -0.2) is 0 Å². The zero-order valence-electron chi connectivity index (χ0n) is 5.27. The molecule has 5 heteroatoms. The Balaban J connectivity index is 2.75. The van der Waals surface area contributed by atoms with E-state index in [0.717, 1.165) is 6.26 Å². The van der Waals surface area contributed by atoms with Gasteiger partial charge in [-0.1, -0.05) is 0 Å². The van der Waals surface area contributed by atoms with Crippen molar-refractivity contribution in [3.05, 3.63) is 18.4 Å². The maximum Gasteiger partial charge on any atom is 0.308 e. The minimum Gasteiger partial charge on any atom is -0.433 e. The van der Waals surface area contributed by atoms with Crippen molar-refractivity contribution in [1.82, 2.24) is 0 Å². The zero-order valence-corrected chi connectivity index (χ0v) is 6.09. The van der Waals surface area contributed by atoms with Crippen LogP contribution in [0, 0.1) is 0 Å². The molecule has 0 aliphatic carbocycles. The van der Waals surface area contributed by atoms with Crippen molar-refractivity contribution < 1.29 is 17.0 Å². The number of rotatable bonds is 2. The summed E-state index contributed by atoms with van der Waals surface area (Å²) in [7, 11) is -3.44. The van der Waals surface area contributed by atoms with Crippen LogP contribution in [-0.2, 0) is 10.1 Å². The first-order chi connectivity index (χ1) is 4.58. The first kappa shape index (κ1) is 7.14. The predicted octanol–water partition coefficient (Wildman–Crippen LogP) is 0.618. The first-order valence-electron chi connectivity index (χ1n) is 2.51. The van der Waals surface area contributed by atoms with Crippen molar-refractivity contribution in [2.24, 2.45) is 0 Å². The van der Waals surface area contributed by atoms with E-state index < -0.39 is 10.1 Å². The van der Waals surface area contributed by atoms with Crippen LogP contribution in [0.5, 0.6) is 5.95 Å². The molecule has 0 N–H and O–H groups in total. The van der Waals surface area contributed by atoms with Crippen LogP contribution in [0.1, 0.15) is 0 Å². The van der Waals surface area contributed by atoms with Gasteiger partial charge in [0.15, 0.2) is 0 Å². The van der Waals surface area contributed by atoms with Crippen LogP contribution in [0.2, 0.25) is 0 Å². The standard InChI is InChI=1S/C5H6O4S/c1-10(6,7)9-5-3-2-4-8-5/h2-4H,1H3. The third-order valence-corrected chi connectivity index (χ3v) is 1.20. The molecule has 0 atom stereocenters. The maximum absolute atomic E-state index is 10.4. The third-order valence-electron chi connectivity index (χ3n) is 0.729. The fourth-order valence-corrected chi connectivity index (χ4v) is 0.853. The molecule has 0 aliphatic rings. The fraction of sp³-hybridized carbons (Fsp3) is 0.200. The maximum atomic E-state index is 10.4. The van der Waals surface area contributed by atoms with Crippen molar-refractivity contribution in [1.29, 1.82) is 0 Å². The highest BCUT2D eigenvalue weighted by molar-refractivity contribution is 7.86.